The molecule has 2 N–H and O–H groups in total. The lowest BCUT2D eigenvalue weighted by atomic mass is 10.1. The Morgan fingerprint density at radius 1 is 1.58 bits per heavy atom. The zero-order valence-electron chi connectivity index (χ0n) is 7.97. The largest absolute Gasteiger partial charge is 0.389 e. The van der Waals surface area contributed by atoms with Crippen LogP contribution in [0.5, 0.6) is 0 Å². The fourth-order valence-corrected chi connectivity index (χ4v) is 1.30. The average Bonchev–Trinajstić information content (AvgIpc) is 2.02. The first-order valence-electron chi connectivity index (χ1n) is 4.61. The fourth-order valence-electron chi connectivity index (χ4n) is 1.30. The van der Waals surface area contributed by atoms with Gasteiger partial charge in [-0.3, -0.25) is 0 Å². The minimum absolute atomic E-state index is 0.435. The highest BCUT2D eigenvalue weighted by molar-refractivity contribution is 4.75. The summed E-state index contributed by atoms with van der Waals surface area (Å²) in [6.45, 7) is 5.94. The quantitative estimate of drug-likeness (QED) is 0.654. The Kier molecular flexibility index (Phi) is 3.50. The van der Waals surface area contributed by atoms with Crippen molar-refractivity contribution in [3.8, 4) is 0 Å². The Balaban J connectivity index is 2.13. The molecular weight excluding hydrogens is 154 g/mol. The van der Waals surface area contributed by atoms with E-state index >= 15 is 0 Å². The van der Waals surface area contributed by atoms with Gasteiger partial charge in [0.2, 0.25) is 0 Å². The normalized spacial score (nSPS) is 25.8. The molecule has 0 aromatic carbocycles. The van der Waals surface area contributed by atoms with Crippen molar-refractivity contribution in [2.24, 2.45) is 0 Å². The molecule has 0 aromatic heterocycles. The van der Waals surface area contributed by atoms with Crippen molar-refractivity contribution in [2.45, 2.75) is 38.3 Å². The second kappa shape index (κ2) is 4.21. The second-order valence-electron chi connectivity index (χ2n) is 4.11. The topological polar surface area (TPSA) is 41.5 Å². The molecule has 0 aliphatic carbocycles. The van der Waals surface area contributed by atoms with E-state index in [9.17, 15) is 5.11 Å². The van der Waals surface area contributed by atoms with Crippen LogP contribution in [0.4, 0.5) is 0 Å². The number of ether oxygens (including phenoxy) is 1. The van der Waals surface area contributed by atoms with Crippen molar-refractivity contribution in [3.05, 3.63) is 0 Å². The van der Waals surface area contributed by atoms with E-state index in [-0.39, 0.29) is 0 Å². The summed E-state index contributed by atoms with van der Waals surface area (Å²) in [6, 6.07) is 0.435. The standard InChI is InChI=1S/C9H19NO2/c1-9(2,11)7-10-8-4-3-5-12-6-8/h8,10-11H,3-7H2,1-2H3. The van der Waals surface area contributed by atoms with Crippen molar-refractivity contribution in [3.63, 3.8) is 0 Å². The lowest BCUT2D eigenvalue weighted by Gasteiger charge is -2.26. The molecule has 1 fully saturated rings. The van der Waals surface area contributed by atoms with Gasteiger partial charge in [0, 0.05) is 19.2 Å². The smallest absolute Gasteiger partial charge is 0.0715 e. The summed E-state index contributed by atoms with van der Waals surface area (Å²) in [4.78, 5) is 0. The van der Waals surface area contributed by atoms with Crippen LogP contribution in [0.1, 0.15) is 26.7 Å². The van der Waals surface area contributed by atoms with Gasteiger partial charge in [0.15, 0.2) is 0 Å². The van der Waals surface area contributed by atoms with E-state index in [0.29, 0.717) is 12.6 Å². The number of hydrogen-bond donors (Lipinski definition) is 2. The summed E-state index contributed by atoms with van der Waals surface area (Å²) < 4.78 is 5.30. The molecule has 0 radical (unpaired) electrons. The third-order valence-electron chi connectivity index (χ3n) is 1.98. The van der Waals surface area contributed by atoms with E-state index in [1.54, 1.807) is 0 Å². The molecule has 0 amide bonds. The Bertz CT molecular complexity index is 125. The molecule has 1 heterocycles. The molecule has 12 heavy (non-hydrogen) atoms. The summed E-state index contributed by atoms with van der Waals surface area (Å²) in [5, 5.41) is 12.7. The molecule has 0 saturated carbocycles. The molecule has 1 atom stereocenters. The highest BCUT2D eigenvalue weighted by Gasteiger charge is 2.17. The van der Waals surface area contributed by atoms with Gasteiger partial charge in [-0.1, -0.05) is 0 Å². The van der Waals surface area contributed by atoms with Crippen molar-refractivity contribution in [1.29, 1.82) is 0 Å². The maximum atomic E-state index is 9.44. The van der Waals surface area contributed by atoms with E-state index in [4.69, 9.17) is 4.74 Å². The fraction of sp³-hybridized carbons (Fsp3) is 1.00. The molecule has 72 valence electrons. The van der Waals surface area contributed by atoms with Crippen LogP contribution < -0.4 is 5.32 Å². The summed E-state index contributed by atoms with van der Waals surface area (Å²) in [7, 11) is 0. The van der Waals surface area contributed by atoms with E-state index in [2.05, 4.69) is 5.32 Å². The zero-order chi connectivity index (χ0) is 9.03. The number of hydrogen-bond acceptors (Lipinski definition) is 3. The van der Waals surface area contributed by atoms with E-state index in [0.717, 1.165) is 26.1 Å². The Morgan fingerprint density at radius 3 is 2.83 bits per heavy atom. The van der Waals surface area contributed by atoms with E-state index < -0.39 is 5.60 Å². The Morgan fingerprint density at radius 2 is 2.33 bits per heavy atom. The van der Waals surface area contributed by atoms with Crippen LogP contribution in [0, 0.1) is 0 Å². The first-order chi connectivity index (χ1) is 5.58. The van der Waals surface area contributed by atoms with Gasteiger partial charge < -0.3 is 15.2 Å². The van der Waals surface area contributed by atoms with Gasteiger partial charge in [-0.2, -0.15) is 0 Å². The molecule has 1 unspecified atom stereocenters. The summed E-state index contributed by atoms with van der Waals surface area (Å²) in [6.07, 6.45) is 2.29. The average molecular weight is 173 g/mol. The summed E-state index contributed by atoms with van der Waals surface area (Å²) >= 11 is 0. The molecular formula is C9H19NO2. The third-order valence-corrected chi connectivity index (χ3v) is 1.98. The predicted molar refractivity (Wildman–Crippen MR) is 48.1 cm³/mol. The second-order valence-corrected chi connectivity index (χ2v) is 4.11. The first-order valence-corrected chi connectivity index (χ1v) is 4.61. The minimum Gasteiger partial charge on any atom is -0.389 e. The molecule has 3 heteroatoms. The zero-order valence-corrected chi connectivity index (χ0v) is 7.97. The van der Waals surface area contributed by atoms with Crippen LogP contribution in [0.15, 0.2) is 0 Å². The van der Waals surface area contributed by atoms with Gasteiger partial charge >= 0.3 is 0 Å². The van der Waals surface area contributed by atoms with Crippen LogP contribution in [0.25, 0.3) is 0 Å². The lowest BCUT2D eigenvalue weighted by molar-refractivity contribution is 0.0448. The van der Waals surface area contributed by atoms with Crippen molar-refractivity contribution < 1.29 is 9.84 Å². The van der Waals surface area contributed by atoms with Gasteiger partial charge in [-0.25, -0.2) is 0 Å². The van der Waals surface area contributed by atoms with Crippen molar-refractivity contribution in [1.82, 2.24) is 5.32 Å². The molecule has 0 spiro atoms. The van der Waals surface area contributed by atoms with Gasteiger partial charge in [-0.15, -0.1) is 0 Å². The number of nitrogens with one attached hydrogen (secondary N) is 1. The monoisotopic (exact) mass is 173 g/mol. The van der Waals surface area contributed by atoms with Gasteiger partial charge in [0.25, 0.3) is 0 Å². The van der Waals surface area contributed by atoms with Gasteiger partial charge in [0.05, 0.1) is 12.2 Å². The maximum Gasteiger partial charge on any atom is 0.0715 e. The van der Waals surface area contributed by atoms with Crippen LogP contribution >= 0.6 is 0 Å². The molecule has 0 aromatic rings. The molecule has 1 rings (SSSR count). The minimum atomic E-state index is -0.614. The van der Waals surface area contributed by atoms with E-state index in [1.807, 2.05) is 13.8 Å². The summed E-state index contributed by atoms with van der Waals surface area (Å²) in [5.74, 6) is 0. The number of aliphatic hydroxyl groups is 1. The lowest BCUT2D eigenvalue weighted by Crippen LogP contribution is -2.44. The van der Waals surface area contributed by atoms with Crippen molar-refractivity contribution in [2.75, 3.05) is 19.8 Å². The Labute approximate surface area is 74.1 Å². The molecule has 1 aliphatic rings. The summed E-state index contributed by atoms with van der Waals surface area (Å²) in [5.41, 5.74) is -0.614. The number of rotatable bonds is 3. The van der Waals surface area contributed by atoms with E-state index in [1.165, 1.54) is 0 Å². The van der Waals surface area contributed by atoms with Crippen LogP contribution in [-0.2, 0) is 4.74 Å². The highest BCUT2D eigenvalue weighted by atomic mass is 16.5. The SMILES string of the molecule is CC(C)(O)CNC1CCCOC1. The van der Waals surface area contributed by atoms with Crippen LogP contribution in [-0.4, -0.2) is 36.5 Å². The first kappa shape index (κ1) is 9.96. The van der Waals surface area contributed by atoms with Gasteiger partial charge in [0.1, 0.15) is 0 Å². The van der Waals surface area contributed by atoms with Gasteiger partial charge in [-0.05, 0) is 26.7 Å². The molecule has 1 aliphatic heterocycles. The Hall–Kier alpha value is -0.120. The molecule has 1 saturated heterocycles. The third kappa shape index (κ3) is 4.04. The molecule has 0 bridgehead atoms. The van der Waals surface area contributed by atoms with Crippen LogP contribution in [0.2, 0.25) is 0 Å². The molecule has 3 nitrogen and oxygen atoms in total. The van der Waals surface area contributed by atoms with Crippen molar-refractivity contribution >= 4 is 0 Å². The maximum absolute atomic E-state index is 9.44. The predicted octanol–water partition coefficient (Wildman–Crippen LogP) is 0.526. The van der Waals surface area contributed by atoms with Crippen LogP contribution in [0.3, 0.4) is 0 Å². The highest BCUT2D eigenvalue weighted by Crippen LogP contribution is 2.07.